The molecule has 120 valence electrons. The SMILES string of the molecule is C=C=Nc1cc(-n2c(=C)n(-c3ccc(C)c(C)c3)c2=C)ccc1C. The molecule has 0 aliphatic heterocycles. The monoisotopic (exact) mass is 315 g/mol. The van der Waals surface area contributed by atoms with Gasteiger partial charge in [0.2, 0.25) is 0 Å². The molecule has 1 aromatic heterocycles. The van der Waals surface area contributed by atoms with Gasteiger partial charge in [-0.3, -0.25) is 9.13 Å². The lowest BCUT2D eigenvalue weighted by Crippen LogP contribution is -2.52. The Hall–Kier alpha value is -3.03. The Bertz CT molecular complexity index is 1050. The summed E-state index contributed by atoms with van der Waals surface area (Å²) in [5, 5.41) is 0. The van der Waals surface area contributed by atoms with E-state index >= 15 is 0 Å². The Balaban J connectivity index is 2.12. The van der Waals surface area contributed by atoms with Gasteiger partial charge in [-0.15, -0.1) is 0 Å². The predicted octanol–water partition coefficient (Wildman–Crippen LogP) is 3.50. The maximum Gasteiger partial charge on any atom is 0.117 e. The highest BCUT2D eigenvalue weighted by molar-refractivity contribution is 5.61. The summed E-state index contributed by atoms with van der Waals surface area (Å²) < 4.78 is 4.08. The molecule has 0 unspecified atom stereocenters. The average molecular weight is 315 g/mol. The van der Waals surface area contributed by atoms with Crippen LogP contribution in [0, 0.1) is 20.8 Å². The van der Waals surface area contributed by atoms with Crippen LogP contribution in [-0.2, 0) is 0 Å². The molecule has 3 heteroatoms. The summed E-state index contributed by atoms with van der Waals surface area (Å²) >= 11 is 0. The maximum atomic E-state index is 4.21. The minimum absolute atomic E-state index is 0.854. The summed E-state index contributed by atoms with van der Waals surface area (Å²) in [6, 6.07) is 12.5. The van der Waals surface area contributed by atoms with Crippen molar-refractivity contribution in [2.75, 3.05) is 0 Å². The van der Waals surface area contributed by atoms with Crippen molar-refractivity contribution >= 4 is 24.7 Å². The highest BCUT2D eigenvalue weighted by Gasteiger charge is 2.12. The third-order valence-corrected chi connectivity index (χ3v) is 4.43. The first-order chi connectivity index (χ1) is 11.4. The second-order valence-electron chi connectivity index (χ2n) is 6.01. The minimum atomic E-state index is 0.854. The van der Waals surface area contributed by atoms with Crippen molar-refractivity contribution in [2.45, 2.75) is 20.8 Å². The molecule has 1 heterocycles. The van der Waals surface area contributed by atoms with Crippen molar-refractivity contribution in [2.24, 2.45) is 4.99 Å². The van der Waals surface area contributed by atoms with Crippen LogP contribution < -0.4 is 11.0 Å². The van der Waals surface area contributed by atoms with E-state index in [4.69, 9.17) is 0 Å². The van der Waals surface area contributed by atoms with Gasteiger partial charge in [-0.1, -0.05) is 25.3 Å². The van der Waals surface area contributed by atoms with Crippen molar-refractivity contribution in [1.82, 2.24) is 9.13 Å². The van der Waals surface area contributed by atoms with Crippen LogP contribution in [0.3, 0.4) is 0 Å². The maximum absolute atomic E-state index is 4.21. The van der Waals surface area contributed by atoms with Gasteiger partial charge >= 0.3 is 0 Å². The van der Waals surface area contributed by atoms with Crippen LogP contribution in [0.1, 0.15) is 16.7 Å². The Labute approximate surface area is 142 Å². The molecule has 0 spiro atoms. The largest absolute Gasteiger partial charge is 0.282 e. The van der Waals surface area contributed by atoms with E-state index in [9.17, 15) is 0 Å². The molecule has 3 nitrogen and oxygen atoms in total. The van der Waals surface area contributed by atoms with Gasteiger partial charge in [-0.25, -0.2) is 4.99 Å². The molecular weight excluding hydrogens is 294 g/mol. The zero-order valence-corrected chi connectivity index (χ0v) is 14.4. The fourth-order valence-corrected chi connectivity index (χ4v) is 2.86. The highest BCUT2D eigenvalue weighted by atomic mass is 15.2. The van der Waals surface area contributed by atoms with Gasteiger partial charge in [-0.05, 0) is 74.2 Å². The zero-order chi connectivity index (χ0) is 17.4. The van der Waals surface area contributed by atoms with Gasteiger partial charge in [0, 0.05) is 5.69 Å². The van der Waals surface area contributed by atoms with Gasteiger partial charge in [0.15, 0.2) is 0 Å². The second-order valence-corrected chi connectivity index (χ2v) is 6.01. The first-order valence-corrected chi connectivity index (χ1v) is 7.83. The van der Waals surface area contributed by atoms with Crippen molar-refractivity contribution in [3.05, 3.63) is 70.6 Å². The molecule has 0 saturated carbocycles. The Morgan fingerprint density at radius 3 is 1.88 bits per heavy atom. The summed E-state index contributed by atoms with van der Waals surface area (Å²) in [4.78, 5) is 4.20. The number of rotatable bonds is 3. The van der Waals surface area contributed by atoms with E-state index in [1.165, 1.54) is 11.1 Å². The van der Waals surface area contributed by atoms with E-state index in [-0.39, 0.29) is 0 Å². The molecule has 0 bridgehead atoms. The number of aryl methyl sites for hydroxylation is 3. The van der Waals surface area contributed by atoms with Gasteiger partial charge < -0.3 is 0 Å². The van der Waals surface area contributed by atoms with Crippen LogP contribution in [0.25, 0.3) is 24.5 Å². The van der Waals surface area contributed by atoms with E-state index in [2.05, 4.69) is 67.2 Å². The predicted molar refractivity (Wildman–Crippen MR) is 102 cm³/mol. The molecule has 24 heavy (non-hydrogen) atoms. The van der Waals surface area contributed by atoms with Crippen molar-refractivity contribution < 1.29 is 0 Å². The van der Waals surface area contributed by atoms with Gasteiger partial charge in [0.1, 0.15) is 11.0 Å². The average Bonchev–Trinajstić information content (AvgIpc) is 2.54. The van der Waals surface area contributed by atoms with E-state index in [1.54, 1.807) is 0 Å². The van der Waals surface area contributed by atoms with Crippen molar-refractivity contribution in [3.8, 4) is 11.4 Å². The topological polar surface area (TPSA) is 22.2 Å². The summed E-state index contributed by atoms with van der Waals surface area (Å²) in [6.07, 6.45) is 0. The van der Waals surface area contributed by atoms with Gasteiger partial charge in [0.05, 0.1) is 11.4 Å². The van der Waals surface area contributed by atoms with Crippen LogP contribution in [0.15, 0.2) is 48.0 Å². The number of hydrogen-bond donors (Lipinski definition) is 0. The van der Waals surface area contributed by atoms with Crippen LogP contribution in [0.5, 0.6) is 0 Å². The molecule has 0 fully saturated rings. The molecule has 3 rings (SSSR count). The van der Waals surface area contributed by atoms with Crippen molar-refractivity contribution in [3.63, 3.8) is 0 Å². The van der Waals surface area contributed by atoms with E-state index in [0.717, 1.165) is 33.6 Å². The lowest BCUT2D eigenvalue weighted by atomic mass is 10.1. The molecule has 3 aromatic rings. The Morgan fingerprint density at radius 2 is 1.33 bits per heavy atom. The van der Waals surface area contributed by atoms with Gasteiger partial charge in [-0.2, -0.15) is 0 Å². The molecule has 0 saturated heterocycles. The van der Waals surface area contributed by atoms with E-state index in [0.29, 0.717) is 0 Å². The van der Waals surface area contributed by atoms with Gasteiger partial charge in [0.25, 0.3) is 0 Å². The molecule has 0 atom stereocenters. The summed E-state index contributed by atoms with van der Waals surface area (Å²) in [6.45, 7) is 18.2. The van der Waals surface area contributed by atoms with Crippen molar-refractivity contribution in [1.29, 1.82) is 0 Å². The number of hydrogen-bond acceptors (Lipinski definition) is 1. The molecule has 0 aliphatic carbocycles. The van der Waals surface area contributed by atoms with Crippen LogP contribution in [-0.4, -0.2) is 15.0 Å². The number of aromatic nitrogens is 2. The molecule has 0 radical (unpaired) electrons. The fourth-order valence-electron chi connectivity index (χ4n) is 2.86. The molecular formula is C21H21N3. The Kier molecular flexibility index (Phi) is 3.88. The van der Waals surface area contributed by atoms with Crippen LogP contribution >= 0.6 is 0 Å². The minimum Gasteiger partial charge on any atom is -0.282 e. The number of benzene rings is 2. The zero-order valence-electron chi connectivity index (χ0n) is 14.4. The normalized spacial score (nSPS) is 10.6. The van der Waals surface area contributed by atoms with E-state index < -0.39 is 0 Å². The van der Waals surface area contributed by atoms with E-state index in [1.807, 2.05) is 29.7 Å². The number of nitrogens with zero attached hydrogens (tertiary/aromatic N) is 3. The van der Waals surface area contributed by atoms with Crippen LogP contribution in [0.4, 0.5) is 5.69 Å². The molecule has 0 aliphatic rings. The number of aliphatic imine (C=N–C) groups is 1. The smallest absolute Gasteiger partial charge is 0.117 e. The van der Waals surface area contributed by atoms with Crippen LogP contribution in [0.2, 0.25) is 0 Å². The third-order valence-electron chi connectivity index (χ3n) is 4.43. The molecule has 0 amide bonds. The first-order valence-electron chi connectivity index (χ1n) is 7.83. The summed E-state index contributed by atoms with van der Waals surface area (Å²) in [5.41, 5.74) is 8.29. The molecule has 2 aromatic carbocycles. The quantitative estimate of drug-likeness (QED) is 0.660. The molecule has 0 N–H and O–H groups in total. The summed E-state index contributed by atoms with van der Waals surface area (Å²) in [7, 11) is 0. The first kappa shape index (κ1) is 15.9. The summed E-state index contributed by atoms with van der Waals surface area (Å²) in [5.74, 6) is 2.60. The standard InChI is InChI=1S/C21H21N3/c1-7-22-21-13-20(11-9-15(21)3)24-17(5)23(18(24)6)19-10-8-14(2)16(4)12-19/h8-13H,1,5-6H2,2-4H3. The third kappa shape index (κ3) is 2.45. The lowest BCUT2D eigenvalue weighted by molar-refractivity contribution is 0.678. The lowest BCUT2D eigenvalue weighted by Gasteiger charge is -2.23. The fraction of sp³-hybridized carbons (Fsp3) is 0.143. The Morgan fingerprint density at radius 1 is 0.792 bits per heavy atom. The highest BCUT2D eigenvalue weighted by Crippen LogP contribution is 2.21. The second kappa shape index (κ2) is 5.88.